The van der Waals surface area contributed by atoms with Gasteiger partial charge >= 0.3 is 5.69 Å². The molecule has 62 valence electrons. The van der Waals surface area contributed by atoms with E-state index in [2.05, 4.69) is 15.2 Å². The van der Waals surface area contributed by atoms with E-state index in [0.29, 0.717) is 5.65 Å². The molecule has 0 atom stereocenters. The van der Waals surface area contributed by atoms with Gasteiger partial charge in [0.05, 0.1) is 0 Å². The standard InChI is InChI=1S/C6H7N5O/c1-3-2-8-6(12)11-4(3)9-10-5(11)7/h2H,1H3,(H2,7,10)(H,8,12). The first-order valence-corrected chi connectivity index (χ1v) is 3.39. The fraction of sp³-hybridized carbons (Fsp3) is 0.167. The first-order valence-electron chi connectivity index (χ1n) is 3.39. The van der Waals surface area contributed by atoms with Crippen molar-refractivity contribution in [3.8, 4) is 0 Å². The van der Waals surface area contributed by atoms with E-state index < -0.39 is 0 Å². The fourth-order valence-electron chi connectivity index (χ4n) is 1.05. The number of nitrogens with zero attached hydrogens (tertiary/aromatic N) is 3. The molecule has 6 nitrogen and oxygen atoms in total. The molecule has 0 aliphatic carbocycles. The van der Waals surface area contributed by atoms with Crippen LogP contribution in [0.4, 0.5) is 5.95 Å². The Kier molecular flexibility index (Phi) is 1.18. The van der Waals surface area contributed by atoms with Gasteiger partial charge in [-0.05, 0) is 6.92 Å². The molecule has 2 rings (SSSR count). The molecule has 0 radical (unpaired) electrons. The maximum absolute atomic E-state index is 11.2. The molecule has 12 heavy (non-hydrogen) atoms. The number of rotatable bonds is 0. The zero-order valence-electron chi connectivity index (χ0n) is 6.40. The van der Waals surface area contributed by atoms with Crippen LogP contribution in [0.3, 0.4) is 0 Å². The Hall–Kier alpha value is -1.85. The average Bonchev–Trinajstić information content (AvgIpc) is 2.42. The quantitative estimate of drug-likeness (QED) is 0.540. The molecule has 0 amide bonds. The van der Waals surface area contributed by atoms with Crippen molar-refractivity contribution in [3.05, 3.63) is 22.2 Å². The number of H-pyrrole nitrogens is 1. The molecule has 2 aromatic heterocycles. The summed E-state index contributed by atoms with van der Waals surface area (Å²) in [5.41, 5.74) is 6.42. The molecule has 0 unspecified atom stereocenters. The van der Waals surface area contributed by atoms with Crippen molar-refractivity contribution in [1.82, 2.24) is 19.6 Å². The van der Waals surface area contributed by atoms with Crippen molar-refractivity contribution in [2.24, 2.45) is 0 Å². The van der Waals surface area contributed by atoms with Gasteiger partial charge in [0.2, 0.25) is 5.95 Å². The van der Waals surface area contributed by atoms with Crippen LogP contribution in [0.5, 0.6) is 0 Å². The Bertz CT molecular complexity index is 482. The van der Waals surface area contributed by atoms with E-state index >= 15 is 0 Å². The summed E-state index contributed by atoms with van der Waals surface area (Å²) in [6, 6.07) is 0. The van der Waals surface area contributed by atoms with Crippen molar-refractivity contribution >= 4 is 11.6 Å². The number of nitrogens with two attached hydrogens (primary N) is 1. The number of aryl methyl sites for hydroxylation is 1. The van der Waals surface area contributed by atoms with Gasteiger partial charge in [0.25, 0.3) is 0 Å². The Morgan fingerprint density at radius 1 is 1.58 bits per heavy atom. The molecule has 0 spiro atoms. The van der Waals surface area contributed by atoms with Crippen LogP contribution in [0, 0.1) is 6.92 Å². The van der Waals surface area contributed by atoms with E-state index in [1.54, 1.807) is 6.20 Å². The van der Waals surface area contributed by atoms with Gasteiger partial charge in [0, 0.05) is 11.8 Å². The molecule has 0 saturated carbocycles. The number of hydrogen-bond acceptors (Lipinski definition) is 4. The van der Waals surface area contributed by atoms with Crippen LogP contribution in [-0.2, 0) is 0 Å². The lowest BCUT2D eigenvalue weighted by atomic mass is 10.4. The molecule has 0 fully saturated rings. The zero-order chi connectivity index (χ0) is 8.72. The minimum Gasteiger partial charge on any atom is -0.367 e. The first kappa shape index (κ1) is 6.84. The van der Waals surface area contributed by atoms with E-state index in [0.717, 1.165) is 5.56 Å². The van der Waals surface area contributed by atoms with E-state index in [9.17, 15) is 4.79 Å². The minimum absolute atomic E-state index is 0.106. The summed E-state index contributed by atoms with van der Waals surface area (Å²) in [6.07, 6.45) is 1.58. The van der Waals surface area contributed by atoms with Gasteiger partial charge < -0.3 is 10.7 Å². The topological polar surface area (TPSA) is 89.1 Å². The smallest absolute Gasteiger partial charge is 0.334 e. The monoisotopic (exact) mass is 165 g/mol. The van der Waals surface area contributed by atoms with E-state index in [-0.39, 0.29) is 11.6 Å². The summed E-state index contributed by atoms with van der Waals surface area (Å²) in [5, 5.41) is 7.33. The molecule has 2 aromatic rings. The highest BCUT2D eigenvalue weighted by molar-refractivity contribution is 5.48. The molecule has 0 aliphatic heterocycles. The van der Waals surface area contributed by atoms with Gasteiger partial charge in [-0.15, -0.1) is 10.2 Å². The van der Waals surface area contributed by atoms with E-state index in [1.165, 1.54) is 4.40 Å². The third-order valence-electron chi connectivity index (χ3n) is 1.66. The Morgan fingerprint density at radius 2 is 2.33 bits per heavy atom. The molecular formula is C6H7N5O. The van der Waals surface area contributed by atoms with Gasteiger partial charge in [0.15, 0.2) is 5.65 Å². The molecule has 0 saturated heterocycles. The molecule has 0 aromatic carbocycles. The lowest BCUT2D eigenvalue weighted by Gasteiger charge is -1.94. The van der Waals surface area contributed by atoms with Crippen LogP contribution in [-0.4, -0.2) is 19.6 Å². The molecule has 0 bridgehead atoms. The highest BCUT2D eigenvalue weighted by atomic mass is 16.1. The van der Waals surface area contributed by atoms with Crippen molar-refractivity contribution < 1.29 is 0 Å². The number of nitrogens with one attached hydrogen (secondary N) is 1. The van der Waals surface area contributed by atoms with Crippen LogP contribution >= 0.6 is 0 Å². The second-order valence-corrected chi connectivity index (χ2v) is 2.49. The first-order chi connectivity index (χ1) is 5.70. The zero-order valence-corrected chi connectivity index (χ0v) is 6.40. The van der Waals surface area contributed by atoms with Crippen LogP contribution in [0.25, 0.3) is 5.65 Å². The SMILES string of the molecule is Cc1c[nH]c(=O)n2c(N)nnc12. The predicted molar refractivity (Wildman–Crippen MR) is 42.8 cm³/mol. The summed E-state index contributed by atoms with van der Waals surface area (Å²) in [4.78, 5) is 13.7. The molecule has 2 heterocycles. The number of fused-ring (bicyclic) bond motifs is 1. The number of aromatic amines is 1. The fourth-order valence-corrected chi connectivity index (χ4v) is 1.05. The summed E-state index contributed by atoms with van der Waals surface area (Å²) in [5.74, 6) is 0.106. The second-order valence-electron chi connectivity index (χ2n) is 2.49. The third-order valence-corrected chi connectivity index (χ3v) is 1.66. The van der Waals surface area contributed by atoms with Crippen LogP contribution in [0.1, 0.15) is 5.56 Å². The highest BCUT2D eigenvalue weighted by Gasteiger charge is 2.06. The third kappa shape index (κ3) is 0.714. The van der Waals surface area contributed by atoms with Crippen LogP contribution in [0.2, 0.25) is 0 Å². The molecule has 0 aliphatic rings. The Balaban J connectivity index is 3.09. The lowest BCUT2D eigenvalue weighted by Crippen LogP contribution is -2.17. The van der Waals surface area contributed by atoms with Gasteiger partial charge in [0.1, 0.15) is 0 Å². The maximum atomic E-state index is 11.2. The molecular weight excluding hydrogens is 158 g/mol. The van der Waals surface area contributed by atoms with Gasteiger partial charge in [-0.25, -0.2) is 9.20 Å². The number of aromatic nitrogens is 4. The second kappa shape index (κ2) is 2.07. The summed E-state index contributed by atoms with van der Waals surface area (Å²) in [7, 11) is 0. The Labute approximate surface area is 67.0 Å². The summed E-state index contributed by atoms with van der Waals surface area (Å²) in [6.45, 7) is 1.82. The van der Waals surface area contributed by atoms with Crippen molar-refractivity contribution in [3.63, 3.8) is 0 Å². The predicted octanol–water partition coefficient (Wildman–Crippen LogP) is -0.692. The normalized spacial score (nSPS) is 10.8. The van der Waals surface area contributed by atoms with Crippen molar-refractivity contribution in [2.45, 2.75) is 6.92 Å². The Morgan fingerprint density at radius 3 is 3.00 bits per heavy atom. The highest BCUT2D eigenvalue weighted by Crippen LogP contribution is 2.04. The summed E-state index contributed by atoms with van der Waals surface area (Å²) < 4.78 is 1.23. The largest absolute Gasteiger partial charge is 0.367 e. The van der Waals surface area contributed by atoms with Crippen molar-refractivity contribution in [2.75, 3.05) is 5.73 Å². The minimum atomic E-state index is -0.321. The number of hydrogen-bond donors (Lipinski definition) is 2. The van der Waals surface area contributed by atoms with E-state index in [4.69, 9.17) is 5.73 Å². The molecule has 3 N–H and O–H groups in total. The van der Waals surface area contributed by atoms with Crippen LogP contribution < -0.4 is 11.4 Å². The lowest BCUT2D eigenvalue weighted by molar-refractivity contribution is 0.993. The van der Waals surface area contributed by atoms with Gasteiger partial charge in [-0.1, -0.05) is 0 Å². The molecule has 6 heteroatoms. The van der Waals surface area contributed by atoms with Gasteiger partial charge in [-0.3, -0.25) is 0 Å². The summed E-state index contributed by atoms with van der Waals surface area (Å²) >= 11 is 0. The maximum Gasteiger partial charge on any atom is 0.334 e. The van der Waals surface area contributed by atoms with Crippen LogP contribution in [0.15, 0.2) is 11.0 Å². The average molecular weight is 165 g/mol. The van der Waals surface area contributed by atoms with E-state index in [1.807, 2.05) is 6.92 Å². The van der Waals surface area contributed by atoms with Gasteiger partial charge in [-0.2, -0.15) is 0 Å². The number of anilines is 1. The van der Waals surface area contributed by atoms with Crippen molar-refractivity contribution in [1.29, 1.82) is 0 Å². The number of nitrogen functional groups attached to an aromatic ring is 1.